The molecule has 0 radical (unpaired) electrons. The van der Waals surface area contributed by atoms with Crippen molar-refractivity contribution in [2.45, 2.75) is 51.1 Å². The van der Waals surface area contributed by atoms with Crippen molar-refractivity contribution < 1.29 is 9.53 Å². The van der Waals surface area contributed by atoms with E-state index in [0.717, 1.165) is 43.6 Å². The molecule has 9 nitrogen and oxygen atoms in total. The maximum Gasteiger partial charge on any atom is 0.354 e. The maximum absolute atomic E-state index is 13.5. The second kappa shape index (κ2) is 12.1. The summed E-state index contributed by atoms with van der Waals surface area (Å²) < 4.78 is 7.36. The SMILES string of the molecule is CCOC(=O)CCn1c(=O)nc(Nc2ccc(NC)c(SCC3CC3)c2)n(Cc2ccc(C)cc2)c1=O. The van der Waals surface area contributed by atoms with E-state index in [9.17, 15) is 14.4 Å². The Morgan fingerprint density at radius 2 is 1.89 bits per heavy atom. The molecule has 1 saturated carbocycles. The number of aromatic nitrogens is 3. The molecule has 37 heavy (non-hydrogen) atoms. The van der Waals surface area contributed by atoms with Gasteiger partial charge in [0.15, 0.2) is 0 Å². The summed E-state index contributed by atoms with van der Waals surface area (Å²) in [6.45, 7) is 4.05. The van der Waals surface area contributed by atoms with Crippen molar-refractivity contribution in [3.8, 4) is 0 Å². The van der Waals surface area contributed by atoms with Gasteiger partial charge in [-0.25, -0.2) is 14.2 Å². The highest BCUT2D eigenvalue weighted by Gasteiger charge is 2.22. The Hall–Kier alpha value is -3.53. The zero-order valence-electron chi connectivity index (χ0n) is 21.5. The summed E-state index contributed by atoms with van der Waals surface area (Å²) in [5, 5.41) is 6.43. The number of nitrogens with zero attached hydrogens (tertiary/aromatic N) is 3. The monoisotopic (exact) mass is 523 g/mol. The molecule has 1 aliphatic rings. The number of esters is 1. The van der Waals surface area contributed by atoms with Gasteiger partial charge in [-0.3, -0.25) is 9.36 Å². The van der Waals surface area contributed by atoms with Crippen LogP contribution in [0.1, 0.15) is 37.3 Å². The number of benzene rings is 2. The average Bonchev–Trinajstić information content (AvgIpc) is 3.71. The standard InChI is InChI=1S/C27H33N5O4S/c1-4-36-24(33)13-14-31-26(34)30-25(32(27(31)35)16-19-7-5-18(2)6-8-19)29-21-11-12-22(28-3)23(15-21)37-17-20-9-10-20/h5-8,11-12,15,20,28H,4,9-10,13-14,16-17H2,1-3H3,(H,29,30,34). The first kappa shape index (κ1) is 26.5. The highest BCUT2D eigenvalue weighted by atomic mass is 32.2. The first-order valence-electron chi connectivity index (χ1n) is 12.5. The van der Waals surface area contributed by atoms with Crippen LogP contribution in [0.15, 0.2) is 56.9 Å². The van der Waals surface area contributed by atoms with E-state index >= 15 is 0 Å². The smallest absolute Gasteiger partial charge is 0.354 e. The Balaban J connectivity index is 1.68. The number of hydrogen-bond donors (Lipinski definition) is 2. The highest BCUT2D eigenvalue weighted by Crippen LogP contribution is 2.38. The molecule has 0 amide bonds. The van der Waals surface area contributed by atoms with Crippen molar-refractivity contribution in [3.63, 3.8) is 0 Å². The predicted octanol–water partition coefficient (Wildman–Crippen LogP) is 4.00. The lowest BCUT2D eigenvalue weighted by Gasteiger charge is -2.17. The molecule has 0 unspecified atom stereocenters. The molecule has 4 rings (SSSR count). The molecular weight excluding hydrogens is 490 g/mol. The number of nitrogens with one attached hydrogen (secondary N) is 2. The summed E-state index contributed by atoms with van der Waals surface area (Å²) in [6, 6.07) is 13.7. The Labute approximate surface area is 220 Å². The van der Waals surface area contributed by atoms with Gasteiger partial charge in [0, 0.05) is 35.6 Å². The van der Waals surface area contributed by atoms with Crippen molar-refractivity contribution >= 4 is 35.1 Å². The minimum Gasteiger partial charge on any atom is -0.466 e. The van der Waals surface area contributed by atoms with Crippen LogP contribution in [-0.4, -0.2) is 39.5 Å². The van der Waals surface area contributed by atoms with Gasteiger partial charge in [0.1, 0.15) is 0 Å². The van der Waals surface area contributed by atoms with Crippen LogP contribution in [-0.2, 0) is 22.6 Å². The van der Waals surface area contributed by atoms with E-state index in [4.69, 9.17) is 4.74 Å². The second-order valence-corrected chi connectivity index (χ2v) is 10.2. The number of rotatable bonds is 12. The van der Waals surface area contributed by atoms with Crippen molar-refractivity contribution in [2.75, 3.05) is 30.0 Å². The normalized spacial score (nSPS) is 12.8. The maximum atomic E-state index is 13.5. The van der Waals surface area contributed by atoms with E-state index in [1.165, 1.54) is 17.4 Å². The average molecular weight is 524 g/mol. The number of aryl methyl sites for hydroxylation is 1. The molecular formula is C27H33N5O4S. The Morgan fingerprint density at radius 3 is 2.57 bits per heavy atom. The number of anilines is 3. The predicted molar refractivity (Wildman–Crippen MR) is 147 cm³/mol. The lowest BCUT2D eigenvalue weighted by molar-refractivity contribution is -0.143. The van der Waals surface area contributed by atoms with Crippen LogP contribution in [0.3, 0.4) is 0 Å². The summed E-state index contributed by atoms with van der Waals surface area (Å²) in [5.74, 6) is 1.51. The molecule has 10 heteroatoms. The highest BCUT2D eigenvalue weighted by molar-refractivity contribution is 7.99. The van der Waals surface area contributed by atoms with E-state index in [2.05, 4.69) is 15.6 Å². The van der Waals surface area contributed by atoms with E-state index in [-0.39, 0.29) is 32.1 Å². The van der Waals surface area contributed by atoms with Crippen LogP contribution in [0.25, 0.3) is 0 Å². The molecule has 0 saturated heterocycles. The lowest BCUT2D eigenvalue weighted by Crippen LogP contribution is -2.43. The van der Waals surface area contributed by atoms with Crippen LogP contribution in [0.4, 0.5) is 17.3 Å². The second-order valence-electron chi connectivity index (χ2n) is 9.12. The summed E-state index contributed by atoms with van der Waals surface area (Å²) in [6.07, 6.45) is 2.47. The Kier molecular flexibility index (Phi) is 8.70. The molecule has 0 atom stereocenters. The molecule has 1 aromatic heterocycles. The third-order valence-corrected chi connectivity index (χ3v) is 7.42. The molecule has 0 aliphatic heterocycles. The summed E-state index contributed by atoms with van der Waals surface area (Å²) in [7, 11) is 1.89. The molecule has 3 aromatic rings. The summed E-state index contributed by atoms with van der Waals surface area (Å²) >= 11 is 1.80. The van der Waals surface area contributed by atoms with Crippen LogP contribution >= 0.6 is 11.8 Å². The summed E-state index contributed by atoms with van der Waals surface area (Å²) in [5.41, 5.74) is 2.49. The number of carbonyl (C=O) groups is 1. The van der Waals surface area contributed by atoms with E-state index < -0.39 is 17.3 Å². The van der Waals surface area contributed by atoms with Crippen LogP contribution in [0, 0.1) is 12.8 Å². The number of carbonyl (C=O) groups excluding carboxylic acids is 1. The Bertz CT molecular complexity index is 1360. The van der Waals surface area contributed by atoms with Gasteiger partial charge in [0.25, 0.3) is 0 Å². The first-order chi connectivity index (χ1) is 17.9. The number of ether oxygens (including phenoxy) is 1. The topological polar surface area (TPSA) is 107 Å². The van der Waals surface area contributed by atoms with Gasteiger partial charge < -0.3 is 15.4 Å². The summed E-state index contributed by atoms with van der Waals surface area (Å²) in [4.78, 5) is 43.5. The van der Waals surface area contributed by atoms with Gasteiger partial charge in [-0.05, 0) is 56.4 Å². The third-order valence-electron chi connectivity index (χ3n) is 6.13. The van der Waals surface area contributed by atoms with Crippen LogP contribution < -0.4 is 22.0 Å². The van der Waals surface area contributed by atoms with Crippen molar-refractivity contribution in [1.82, 2.24) is 14.1 Å². The van der Waals surface area contributed by atoms with Gasteiger partial charge in [-0.1, -0.05) is 29.8 Å². The first-order valence-corrected chi connectivity index (χ1v) is 13.5. The fourth-order valence-electron chi connectivity index (χ4n) is 3.82. The zero-order valence-corrected chi connectivity index (χ0v) is 22.3. The quantitative estimate of drug-likeness (QED) is 0.271. The number of hydrogen-bond acceptors (Lipinski definition) is 8. The molecule has 2 aromatic carbocycles. The van der Waals surface area contributed by atoms with Crippen molar-refractivity contribution in [1.29, 1.82) is 0 Å². The van der Waals surface area contributed by atoms with Gasteiger partial charge in [-0.2, -0.15) is 4.98 Å². The minimum atomic E-state index is -0.716. The number of thioether (sulfide) groups is 1. The zero-order chi connectivity index (χ0) is 26.4. The molecule has 0 bridgehead atoms. The molecule has 1 heterocycles. The van der Waals surface area contributed by atoms with Gasteiger partial charge in [0.2, 0.25) is 5.95 Å². The fraction of sp³-hybridized carbons (Fsp3) is 0.407. The van der Waals surface area contributed by atoms with Gasteiger partial charge >= 0.3 is 17.3 Å². The van der Waals surface area contributed by atoms with Crippen molar-refractivity contribution in [2.24, 2.45) is 5.92 Å². The van der Waals surface area contributed by atoms with E-state index in [0.29, 0.717) is 0 Å². The fourth-order valence-corrected chi connectivity index (χ4v) is 5.10. The molecule has 2 N–H and O–H groups in total. The largest absolute Gasteiger partial charge is 0.466 e. The molecule has 196 valence electrons. The van der Waals surface area contributed by atoms with Crippen LogP contribution in [0.5, 0.6) is 0 Å². The van der Waals surface area contributed by atoms with Crippen molar-refractivity contribution in [3.05, 3.63) is 74.6 Å². The molecule has 1 aliphatic carbocycles. The van der Waals surface area contributed by atoms with Gasteiger partial charge in [0.05, 0.1) is 19.6 Å². The minimum absolute atomic E-state index is 0.0883. The molecule has 0 spiro atoms. The molecule has 1 fully saturated rings. The third kappa shape index (κ3) is 7.03. The van der Waals surface area contributed by atoms with E-state index in [1.807, 2.05) is 56.4 Å². The Morgan fingerprint density at radius 1 is 1.14 bits per heavy atom. The lowest BCUT2D eigenvalue weighted by atomic mass is 10.1. The van der Waals surface area contributed by atoms with Gasteiger partial charge in [-0.15, -0.1) is 11.8 Å². The van der Waals surface area contributed by atoms with Crippen LogP contribution in [0.2, 0.25) is 0 Å². The van der Waals surface area contributed by atoms with E-state index in [1.54, 1.807) is 18.7 Å².